The van der Waals surface area contributed by atoms with Gasteiger partial charge in [-0.1, -0.05) is 12.2 Å². The molecular weight excluding hydrogens is 450 g/mol. The van der Waals surface area contributed by atoms with Gasteiger partial charge in [0.2, 0.25) is 11.9 Å². The van der Waals surface area contributed by atoms with Crippen molar-refractivity contribution in [2.75, 3.05) is 11.9 Å². The topological polar surface area (TPSA) is 148 Å². The van der Waals surface area contributed by atoms with Crippen LogP contribution in [0.3, 0.4) is 0 Å². The molecule has 0 unspecified atom stereocenters. The molecule has 0 aliphatic heterocycles. The predicted molar refractivity (Wildman–Crippen MR) is 132 cm³/mol. The van der Waals surface area contributed by atoms with Crippen LogP contribution in [0.1, 0.15) is 54.2 Å². The number of allylic oxidation sites excluding steroid dienone is 1. The maximum Gasteiger partial charge on any atom is 0.408 e. The fraction of sp³-hybridized carbons (Fsp3) is 0.375. The van der Waals surface area contributed by atoms with Gasteiger partial charge in [-0.3, -0.25) is 24.5 Å². The summed E-state index contributed by atoms with van der Waals surface area (Å²) in [6.07, 6.45) is 2.55. The highest BCUT2D eigenvalue weighted by Crippen LogP contribution is 2.22. The molecule has 2 aromatic heterocycles. The minimum absolute atomic E-state index is 0.202. The molecule has 2 heterocycles. The van der Waals surface area contributed by atoms with Crippen LogP contribution in [-0.4, -0.2) is 59.3 Å². The minimum Gasteiger partial charge on any atom is -0.465 e. The van der Waals surface area contributed by atoms with Gasteiger partial charge < -0.3 is 15.4 Å². The Balaban J connectivity index is 1.94. The van der Waals surface area contributed by atoms with E-state index in [-0.39, 0.29) is 18.4 Å². The fourth-order valence-electron chi connectivity index (χ4n) is 3.70. The number of aromatic nitrogens is 4. The van der Waals surface area contributed by atoms with Crippen LogP contribution >= 0.6 is 0 Å². The number of imidazole rings is 1. The molecule has 0 bridgehead atoms. The van der Waals surface area contributed by atoms with Crippen LogP contribution in [0.5, 0.6) is 0 Å². The quantitative estimate of drug-likeness (QED) is 0.421. The minimum atomic E-state index is -1.01. The van der Waals surface area contributed by atoms with E-state index in [2.05, 4.69) is 15.4 Å². The van der Waals surface area contributed by atoms with Crippen LogP contribution in [0.15, 0.2) is 36.4 Å². The lowest BCUT2D eigenvalue weighted by atomic mass is 10.1. The van der Waals surface area contributed by atoms with Gasteiger partial charge in [0.05, 0.1) is 16.7 Å². The number of carbonyl (C=O) groups excluding carboxylic acids is 2. The first-order chi connectivity index (χ1) is 16.4. The van der Waals surface area contributed by atoms with E-state index in [1.165, 1.54) is 4.90 Å². The second-order valence-corrected chi connectivity index (χ2v) is 9.09. The lowest BCUT2D eigenvalue weighted by Crippen LogP contribution is -2.44. The molecule has 0 aliphatic rings. The number of nitrogens with zero attached hydrogens (tertiary/aromatic N) is 5. The van der Waals surface area contributed by atoms with E-state index >= 15 is 0 Å². The largest absolute Gasteiger partial charge is 0.465 e. The molecule has 0 saturated heterocycles. The average molecular weight is 482 g/mol. The molecule has 35 heavy (non-hydrogen) atoms. The number of primary amides is 1. The van der Waals surface area contributed by atoms with Gasteiger partial charge in [-0.15, -0.1) is 0 Å². The number of rotatable bonds is 8. The number of aryl methyl sites for hydroxylation is 2. The molecule has 186 valence electrons. The molecule has 1 aromatic carbocycles. The summed E-state index contributed by atoms with van der Waals surface area (Å²) in [4.78, 5) is 42.1. The maximum absolute atomic E-state index is 13.0. The lowest BCUT2D eigenvalue weighted by molar-refractivity contribution is 0.0995. The molecule has 11 nitrogen and oxygen atoms in total. The zero-order chi connectivity index (χ0) is 25.9. The number of carboxylic acid groups (broad SMARTS) is 1. The Morgan fingerprint density at radius 1 is 1.20 bits per heavy atom. The number of hydrogen-bond acceptors (Lipinski definition) is 5. The average Bonchev–Trinajstić information content (AvgIpc) is 3.31. The van der Waals surface area contributed by atoms with Crippen molar-refractivity contribution in [1.82, 2.24) is 24.2 Å². The number of amides is 3. The van der Waals surface area contributed by atoms with E-state index < -0.39 is 17.5 Å². The molecule has 4 N–H and O–H groups in total. The second-order valence-electron chi connectivity index (χ2n) is 9.09. The Morgan fingerprint density at radius 2 is 1.91 bits per heavy atom. The van der Waals surface area contributed by atoms with Gasteiger partial charge in [-0.05, 0) is 58.9 Å². The number of carbonyl (C=O) groups is 3. The zero-order valence-corrected chi connectivity index (χ0v) is 20.6. The Morgan fingerprint density at radius 3 is 2.51 bits per heavy atom. The number of nitrogens with two attached hydrogens (primary N) is 1. The van der Waals surface area contributed by atoms with Crippen molar-refractivity contribution >= 4 is 34.9 Å². The molecule has 0 atom stereocenters. The summed E-state index contributed by atoms with van der Waals surface area (Å²) in [6.45, 7) is 10.2. The first-order valence-corrected chi connectivity index (χ1v) is 11.2. The molecule has 0 aliphatic carbocycles. The lowest BCUT2D eigenvalue weighted by Gasteiger charge is -2.32. The second kappa shape index (κ2) is 10.00. The van der Waals surface area contributed by atoms with Gasteiger partial charge >= 0.3 is 6.09 Å². The summed E-state index contributed by atoms with van der Waals surface area (Å²) < 4.78 is 3.38. The standard InChI is InChI=1S/C24H31N7O4/c1-6-31-19(13-15(2)28-31)21(33)27-22-26-17-14-16(20(25)32)9-10-18(17)29(22)11-7-8-12-30(23(34)35)24(3,4)5/h7-10,13-14H,6,11-12H2,1-5H3,(H2,25,32)(H,34,35)(H,26,27,33)/b8-7+. The molecule has 0 saturated carbocycles. The van der Waals surface area contributed by atoms with Gasteiger partial charge in [0.25, 0.3) is 5.91 Å². The highest BCUT2D eigenvalue weighted by Gasteiger charge is 2.24. The number of hydrogen-bond donors (Lipinski definition) is 3. The highest BCUT2D eigenvalue weighted by atomic mass is 16.4. The Bertz CT molecular complexity index is 1300. The van der Waals surface area contributed by atoms with E-state index in [1.54, 1.807) is 45.7 Å². The van der Waals surface area contributed by atoms with Crippen molar-refractivity contribution in [3.8, 4) is 0 Å². The summed E-state index contributed by atoms with van der Waals surface area (Å²) in [6, 6.07) is 6.58. The molecule has 0 radical (unpaired) electrons. The smallest absolute Gasteiger partial charge is 0.408 e. The summed E-state index contributed by atoms with van der Waals surface area (Å²) in [5.41, 5.74) is 7.46. The Kier molecular flexibility index (Phi) is 7.28. The van der Waals surface area contributed by atoms with E-state index in [9.17, 15) is 19.5 Å². The van der Waals surface area contributed by atoms with Crippen LogP contribution in [0.25, 0.3) is 11.0 Å². The van der Waals surface area contributed by atoms with Crippen molar-refractivity contribution < 1.29 is 19.5 Å². The number of benzene rings is 1. The van der Waals surface area contributed by atoms with Gasteiger partial charge in [-0.2, -0.15) is 5.10 Å². The van der Waals surface area contributed by atoms with E-state index in [1.807, 2.05) is 34.6 Å². The van der Waals surface area contributed by atoms with Crippen LogP contribution < -0.4 is 11.1 Å². The molecular formula is C24H31N7O4. The van der Waals surface area contributed by atoms with Gasteiger partial charge in [0.15, 0.2) is 0 Å². The summed E-state index contributed by atoms with van der Waals surface area (Å²) in [7, 11) is 0. The molecule has 0 fully saturated rings. The fourth-order valence-corrected chi connectivity index (χ4v) is 3.70. The first kappa shape index (κ1) is 25.5. The summed E-state index contributed by atoms with van der Waals surface area (Å²) in [5, 5.41) is 16.6. The van der Waals surface area contributed by atoms with Gasteiger partial charge in [0.1, 0.15) is 5.69 Å². The molecule has 0 spiro atoms. The zero-order valence-electron chi connectivity index (χ0n) is 20.6. The van der Waals surface area contributed by atoms with Gasteiger partial charge in [-0.25, -0.2) is 9.78 Å². The Labute approximate surface area is 203 Å². The van der Waals surface area contributed by atoms with Crippen LogP contribution in [-0.2, 0) is 13.1 Å². The highest BCUT2D eigenvalue weighted by molar-refractivity contribution is 6.03. The number of nitrogens with one attached hydrogen (secondary N) is 1. The van der Waals surface area contributed by atoms with Gasteiger partial charge in [0, 0.05) is 30.7 Å². The molecule has 3 rings (SSSR count). The van der Waals surface area contributed by atoms with Crippen LogP contribution in [0, 0.1) is 6.92 Å². The summed E-state index contributed by atoms with van der Waals surface area (Å²) >= 11 is 0. The third kappa shape index (κ3) is 5.68. The van der Waals surface area contributed by atoms with Crippen molar-refractivity contribution in [1.29, 1.82) is 0 Å². The molecule has 11 heteroatoms. The van der Waals surface area contributed by atoms with Crippen LogP contribution in [0.4, 0.5) is 10.7 Å². The van der Waals surface area contributed by atoms with Crippen LogP contribution in [0.2, 0.25) is 0 Å². The first-order valence-electron chi connectivity index (χ1n) is 11.2. The van der Waals surface area contributed by atoms with Crippen molar-refractivity contribution in [2.45, 2.75) is 53.2 Å². The van der Waals surface area contributed by atoms with Crippen molar-refractivity contribution in [2.24, 2.45) is 5.73 Å². The third-order valence-corrected chi connectivity index (χ3v) is 5.48. The SMILES string of the molecule is CCn1nc(C)cc1C(=O)Nc1nc2cc(C(N)=O)ccc2n1C/C=C/CN(C(=O)O)C(C)(C)C. The monoisotopic (exact) mass is 481 g/mol. The maximum atomic E-state index is 13.0. The Hall–Kier alpha value is -4.15. The van der Waals surface area contributed by atoms with Crippen molar-refractivity contribution in [3.05, 3.63) is 53.4 Å². The third-order valence-electron chi connectivity index (χ3n) is 5.48. The van der Waals surface area contributed by atoms with Crippen molar-refractivity contribution in [3.63, 3.8) is 0 Å². The number of anilines is 1. The summed E-state index contributed by atoms with van der Waals surface area (Å²) in [5.74, 6) is -0.665. The molecule has 3 aromatic rings. The van der Waals surface area contributed by atoms with E-state index in [0.29, 0.717) is 35.4 Å². The predicted octanol–water partition coefficient (Wildman–Crippen LogP) is 3.25. The normalized spacial score (nSPS) is 11.8. The van der Waals surface area contributed by atoms with E-state index in [4.69, 9.17) is 5.73 Å². The number of fused-ring (bicyclic) bond motifs is 1. The van der Waals surface area contributed by atoms with E-state index in [0.717, 1.165) is 5.69 Å². The molecule has 3 amide bonds.